The molecule has 1 N–H and O–H groups in total. The highest BCUT2D eigenvalue weighted by molar-refractivity contribution is 7.92. The summed E-state index contributed by atoms with van der Waals surface area (Å²) in [6, 6.07) is 13.8. The fourth-order valence-corrected chi connectivity index (χ4v) is 3.09. The summed E-state index contributed by atoms with van der Waals surface area (Å²) in [7, 11) is -3.36. The van der Waals surface area contributed by atoms with Crippen LogP contribution in [0.25, 0.3) is 0 Å². The van der Waals surface area contributed by atoms with Crippen LogP contribution in [0.4, 0.5) is 5.69 Å². The standard InChI is InChI=1S/C12H10N2O3S/c13-18(17,10-6-2-1-3-7-10)12-9-5-4-8-11(12)14(15)16/h1-9,13H/t18-/m1/s1. The Morgan fingerprint density at radius 1 is 1.00 bits per heavy atom. The van der Waals surface area contributed by atoms with Crippen molar-refractivity contribution in [3.63, 3.8) is 0 Å². The van der Waals surface area contributed by atoms with Crippen LogP contribution >= 0.6 is 0 Å². The molecule has 18 heavy (non-hydrogen) atoms. The van der Waals surface area contributed by atoms with Gasteiger partial charge in [0.2, 0.25) is 0 Å². The zero-order valence-corrected chi connectivity index (χ0v) is 10.1. The second-order valence-corrected chi connectivity index (χ2v) is 5.62. The fraction of sp³-hybridized carbons (Fsp3) is 0. The van der Waals surface area contributed by atoms with Crippen molar-refractivity contribution in [1.29, 1.82) is 4.78 Å². The van der Waals surface area contributed by atoms with Crippen molar-refractivity contribution in [2.45, 2.75) is 9.79 Å². The van der Waals surface area contributed by atoms with Crippen LogP contribution in [-0.4, -0.2) is 9.13 Å². The molecular weight excluding hydrogens is 252 g/mol. The third-order valence-corrected chi connectivity index (χ3v) is 4.35. The van der Waals surface area contributed by atoms with E-state index in [2.05, 4.69) is 0 Å². The highest BCUT2D eigenvalue weighted by Gasteiger charge is 2.23. The van der Waals surface area contributed by atoms with Gasteiger partial charge in [-0.25, -0.2) is 8.99 Å². The van der Waals surface area contributed by atoms with Crippen molar-refractivity contribution in [2.75, 3.05) is 0 Å². The molecule has 6 heteroatoms. The summed E-state index contributed by atoms with van der Waals surface area (Å²) in [6.07, 6.45) is 0. The van der Waals surface area contributed by atoms with Crippen molar-refractivity contribution >= 4 is 15.4 Å². The molecule has 92 valence electrons. The molecule has 2 rings (SSSR count). The van der Waals surface area contributed by atoms with Gasteiger partial charge in [0.25, 0.3) is 5.69 Å². The third-order valence-electron chi connectivity index (χ3n) is 2.45. The van der Waals surface area contributed by atoms with E-state index in [-0.39, 0.29) is 15.5 Å². The average molecular weight is 262 g/mol. The van der Waals surface area contributed by atoms with Crippen molar-refractivity contribution in [2.24, 2.45) is 0 Å². The first kappa shape index (κ1) is 12.3. The number of para-hydroxylation sites is 1. The van der Waals surface area contributed by atoms with Gasteiger partial charge in [-0.15, -0.1) is 0 Å². The van der Waals surface area contributed by atoms with Crippen LogP contribution in [0, 0.1) is 14.9 Å². The maximum absolute atomic E-state index is 12.5. The molecule has 0 heterocycles. The van der Waals surface area contributed by atoms with Crippen LogP contribution < -0.4 is 0 Å². The van der Waals surface area contributed by atoms with Gasteiger partial charge < -0.3 is 0 Å². The molecule has 0 spiro atoms. The summed E-state index contributed by atoms with van der Waals surface area (Å²) in [5, 5.41) is 10.9. The maximum Gasteiger partial charge on any atom is 0.286 e. The number of nitro groups is 1. The normalized spacial score (nSPS) is 13.8. The van der Waals surface area contributed by atoms with Gasteiger partial charge in [-0.1, -0.05) is 30.3 Å². The minimum Gasteiger partial charge on any atom is -0.258 e. The van der Waals surface area contributed by atoms with Crippen LogP contribution in [0.1, 0.15) is 0 Å². The molecule has 0 amide bonds. The average Bonchev–Trinajstić information content (AvgIpc) is 2.39. The molecule has 0 aliphatic rings. The molecule has 1 atom stereocenters. The Hall–Kier alpha value is -2.21. The van der Waals surface area contributed by atoms with Gasteiger partial charge in [-0.2, -0.15) is 0 Å². The van der Waals surface area contributed by atoms with Crippen molar-refractivity contribution in [3.8, 4) is 0 Å². The Morgan fingerprint density at radius 3 is 2.17 bits per heavy atom. The number of rotatable bonds is 3. The van der Waals surface area contributed by atoms with Gasteiger partial charge in [-0.05, 0) is 18.2 Å². The molecule has 0 saturated carbocycles. The Kier molecular flexibility index (Phi) is 3.12. The Morgan fingerprint density at radius 2 is 1.56 bits per heavy atom. The number of nitro benzene ring substituents is 1. The smallest absolute Gasteiger partial charge is 0.258 e. The van der Waals surface area contributed by atoms with E-state index in [0.717, 1.165) is 0 Å². The molecule has 0 bridgehead atoms. The fourth-order valence-electron chi connectivity index (χ4n) is 1.59. The van der Waals surface area contributed by atoms with Gasteiger partial charge in [0.1, 0.15) is 14.6 Å². The van der Waals surface area contributed by atoms with E-state index in [4.69, 9.17) is 4.78 Å². The summed E-state index contributed by atoms with van der Waals surface area (Å²) >= 11 is 0. The zero-order valence-electron chi connectivity index (χ0n) is 9.28. The number of hydrogen-bond acceptors (Lipinski definition) is 4. The van der Waals surface area contributed by atoms with E-state index in [1.807, 2.05) is 0 Å². The van der Waals surface area contributed by atoms with Gasteiger partial charge in [0.05, 0.1) is 9.82 Å². The maximum atomic E-state index is 12.5. The van der Waals surface area contributed by atoms with E-state index in [9.17, 15) is 14.3 Å². The van der Waals surface area contributed by atoms with E-state index < -0.39 is 14.7 Å². The molecule has 0 radical (unpaired) electrons. The number of nitrogens with one attached hydrogen (secondary N) is 1. The summed E-state index contributed by atoms with van der Waals surface area (Å²) < 4.78 is 20.4. The van der Waals surface area contributed by atoms with E-state index in [1.165, 1.54) is 30.3 Å². The van der Waals surface area contributed by atoms with Crippen LogP contribution in [0.5, 0.6) is 0 Å². The number of hydrogen-bond donors (Lipinski definition) is 1. The Bertz CT molecular complexity index is 681. The molecule has 2 aromatic carbocycles. The minimum atomic E-state index is -3.36. The number of nitrogens with zero attached hydrogens (tertiary/aromatic N) is 1. The lowest BCUT2D eigenvalue weighted by atomic mass is 10.3. The first-order valence-electron chi connectivity index (χ1n) is 5.11. The lowest BCUT2D eigenvalue weighted by Gasteiger charge is -2.07. The zero-order chi connectivity index (χ0) is 13.2. The topological polar surface area (TPSA) is 84.1 Å². The summed E-state index contributed by atoms with van der Waals surface area (Å²) in [6.45, 7) is 0. The lowest BCUT2D eigenvalue weighted by Crippen LogP contribution is -2.03. The number of benzene rings is 2. The highest BCUT2D eigenvalue weighted by Crippen LogP contribution is 2.29. The van der Waals surface area contributed by atoms with Crippen molar-refractivity contribution < 1.29 is 9.13 Å². The largest absolute Gasteiger partial charge is 0.286 e. The first-order chi connectivity index (χ1) is 8.53. The quantitative estimate of drug-likeness (QED) is 0.681. The van der Waals surface area contributed by atoms with E-state index >= 15 is 0 Å². The second kappa shape index (κ2) is 4.58. The highest BCUT2D eigenvalue weighted by atomic mass is 32.2. The molecule has 2 aromatic rings. The molecule has 0 aliphatic heterocycles. The first-order valence-corrected chi connectivity index (χ1v) is 6.66. The van der Waals surface area contributed by atoms with Crippen LogP contribution in [0.3, 0.4) is 0 Å². The lowest BCUT2D eigenvalue weighted by molar-refractivity contribution is -0.387. The van der Waals surface area contributed by atoms with Crippen LogP contribution in [0.15, 0.2) is 64.4 Å². The summed E-state index contributed by atoms with van der Waals surface area (Å²) in [5.41, 5.74) is -0.290. The third kappa shape index (κ3) is 2.10. The SMILES string of the molecule is N=[S@@](=O)(c1ccccc1)c1ccccc1[N+](=O)[O-]. The minimum absolute atomic E-state index is 0.0683. The van der Waals surface area contributed by atoms with Gasteiger partial charge in [-0.3, -0.25) is 10.1 Å². The summed E-state index contributed by atoms with van der Waals surface area (Å²) in [4.78, 5) is 10.5. The van der Waals surface area contributed by atoms with Crippen molar-refractivity contribution in [1.82, 2.24) is 0 Å². The van der Waals surface area contributed by atoms with Crippen LogP contribution in [-0.2, 0) is 9.73 Å². The van der Waals surface area contributed by atoms with Crippen LogP contribution in [0.2, 0.25) is 0 Å². The molecule has 0 aromatic heterocycles. The van der Waals surface area contributed by atoms with Gasteiger partial charge in [0, 0.05) is 6.07 Å². The monoisotopic (exact) mass is 262 g/mol. The second-order valence-electron chi connectivity index (χ2n) is 3.59. The molecule has 0 fully saturated rings. The molecule has 0 unspecified atom stereocenters. The van der Waals surface area contributed by atoms with E-state index in [0.29, 0.717) is 0 Å². The Balaban J connectivity index is 2.66. The van der Waals surface area contributed by atoms with Gasteiger partial charge in [0.15, 0.2) is 0 Å². The van der Waals surface area contributed by atoms with Crippen molar-refractivity contribution in [3.05, 3.63) is 64.7 Å². The molecule has 0 aliphatic carbocycles. The molecule has 0 saturated heterocycles. The summed E-state index contributed by atoms with van der Waals surface area (Å²) in [5.74, 6) is 0. The predicted molar refractivity (Wildman–Crippen MR) is 66.9 cm³/mol. The van der Waals surface area contributed by atoms with E-state index in [1.54, 1.807) is 24.3 Å². The Labute approximate surface area is 104 Å². The van der Waals surface area contributed by atoms with Gasteiger partial charge >= 0.3 is 0 Å². The molecule has 5 nitrogen and oxygen atoms in total. The predicted octanol–water partition coefficient (Wildman–Crippen LogP) is 3.06. The molecular formula is C12H10N2O3S.